The molecule has 262 valence electrons. The van der Waals surface area contributed by atoms with Crippen LogP contribution in [0.4, 0.5) is 34.1 Å². The summed E-state index contributed by atoms with van der Waals surface area (Å²) >= 11 is 0. The molecule has 0 atom stereocenters. The summed E-state index contributed by atoms with van der Waals surface area (Å²) in [5.41, 5.74) is 25.9. The van der Waals surface area contributed by atoms with Crippen molar-refractivity contribution >= 4 is 80.3 Å². The minimum Gasteiger partial charge on any atom is -0.307 e. The van der Waals surface area contributed by atoms with Crippen molar-refractivity contribution < 1.29 is 0 Å². The molecule has 6 aromatic carbocycles. The second kappa shape index (κ2) is 13.2. The third-order valence-electron chi connectivity index (χ3n) is 12.3. The molecule has 53 heavy (non-hydrogen) atoms. The van der Waals surface area contributed by atoms with Crippen LogP contribution in [0.25, 0.3) is 0 Å². The molecule has 3 heterocycles. The number of anilines is 6. The highest BCUT2D eigenvalue weighted by molar-refractivity contribution is 6.99. The van der Waals surface area contributed by atoms with E-state index < -0.39 is 0 Å². The largest absolute Gasteiger partial charge is 0.307 e. The van der Waals surface area contributed by atoms with Crippen molar-refractivity contribution in [2.24, 2.45) is 0 Å². The van der Waals surface area contributed by atoms with Crippen LogP contribution in [0.15, 0.2) is 103 Å². The van der Waals surface area contributed by atoms with Gasteiger partial charge in [0.25, 0.3) is 0 Å². The van der Waals surface area contributed by atoms with Crippen molar-refractivity contribution in [2.75, 3.05) is 9.80 Å². The number of benzene rings is 6. The molecule has 0 N–H and O–H groups in total. The Morgan fingerprint density at radius 1 is 0.434 bits per heavy atom. The van der Waals surface area contributed by atoms with Crippen molar-refractivity contribution in [3.8, 4) is 0 Å². The van der Waals surface area contributed by atoms with E-state index in [9.17, 15) is 0 Å². The van der Waals surface area contributed by atoms with Gasteiger partial charge in [0.2, 0.25) is 13.4 Å². The molecule has 0 saturated carbocycles. The normalized spacial score (nSPS) is 13.5. The monoisotopic (exact) mass is 688 g/mol. The van der Waals surface area contributed by atoms with Crippen LogP contribution in [0, 0.1) is 34.6 Å². The number of hydrogen-bond acceptors (Lipinski definition) is 2. The molecule has 0 bridgehead atoms. The van der Waals surface area contributed by atoms with Gasteiger partial charge in [-0.2, -0.15) is 0 Å². The Kier molecular flexibility index (Phi) is 8.41. The van der Waals surface area contributed by atoms with Crippen LogP contribution in [0.2, 0.25) is 0 Å². The zero-order valence-electron chi connectivity index (χ0n) is 32.6. The van der Waals surface area contributed by atoms with Gasteiger partial charge in [-0.1, -0.05) is 144 Å². The van der Waals surface area contributed by atoms with Crippen molar-refractivity contribution in [1.82, 2.24) is 0 Å². The van der Waals surface area contributed by atoms with Gasteiger partial charge in [0.05, 0.1) is 22.7 Å². The molecule has 0 unspecified atom stereocenters. The van der Waals surface area contributed by atoms with E-state index in [2.05, 4.69) is 161 Å². The number of aryl methyl sites for hydroxylation is 7. The van der Waals surface area contributed by atoms with Gasteiger partial charge in [-0.15, -0.1) is 0 Å². The Balaban J connectivity index is 1.35. The maximum atomic E-state index is 2.63. The second-order valence-electron chi connectivity index (χ2n) is 16.1. The van der Waals surface area contributed by atoms with Crippen LogP contribution in [0.3, 0.4) is 0 Å². The molecule has 0 aliphatic carbocycles. The Bertz CT molecular complexity index is 2400. The predicted molar refractivity (Wildman–Crippen MR) is 232 cm³/mol. The molecule has 6 aromatic rings. The zero-order chi connectivity index (χ0) is 36.5. The number of rotatable bonds is 8. The van der Waals surface area contributed by atoms with Gasteiger partial charge in [-0.05, 0) is 118 Å². The Morgan fingerprint density at radius 3 is 1.47 bits per heavy atom. The van der Waals surface area contributed by atoms with E-state index in [0.717, 1.165) is 12.8 Å². The Labute approximate surface area is 318 Å². The molecule has 3 aliphatic heterocycles. The standard InChI is InChI=1S/C49H50B2N2/c1-8-10-14-36-21-24-43-41(29-36)50(38-23-20-31(3)26-33(38)5)39-16-12-18-45-48(39)52(43)46-19-13-17-40-49(46)53(45)44-25-22-37(15-11-9-2)30-42(44)51(40)47-34(6)27-32(4)28-35(47)7/h12-13,16-30H,8-11,14-15H2,1-7H3. The zero-order valence-corrected chi connectivity index (χ0v) is 32.6. The molecule has 0 saturated heterocycles. The van der Waals surface area contributed by atoms with E-state index >= 15 is 0 Å². The van der Waals surface area contributed by atoms with Crippen LogP contribution in [0.5, 0.6) is 0 Å². The fraction of sp³-hybridized carbons (Fsp3) is 0.265. The van der Waals surface area contributed by atoms with E-state index in [0.29, 0.717) is 0 Å². The highest BCUT2D eigenvalue weighted by atomic mass is 15.3. The number of hydrogen-bond donors (Lipinski definition) is 0. The van der Waals surface area contributed by atoms with E-state index in [1.807, 2.05) is 0 Å². The third-order valence-corrected chi connectivity index (χ3v) is 12.3. The number of fused-ring (bicyclic) bond motifs is 6. The summed E-state index contributed by atoms with van der Waals surface area (Å²) in [5.74, 6) is 0. The first-order chi connectivity index (χ1) is 25.8. The predicted octanol–water partition coefficient (Wildman–Crippen LogP) is 8.83. The van der Waals surface area contributed by atoms with Crippen LogP contribution in [-0.4, -0.2) is 13.4 Å². The second-order valence-corrected chi connectivity index (χ2v) is 16.1. The molecule has 0 fully saturated rings. The highest BCUT2D eigenvalue weighted by Gasteiger charge is 2.46. The Morgan fingerprint density at radius 2 is 0.943 bits per heavy atom. The Hall–Kier alpha value is -4.95. The molecule has 0 amide bonds. The van der Waals surface area contributed by atoms with Crippen LogP contribution in [0.1, 0.15) is 78.5 Å². The van der Waals surface area contributed by atoms with Gasteiger partial charge >= 0.3 is 0 Å². The smallest absolute Gasteiger partial charge is 0.247 e. The van der Waals surface area contributed by atoms with Crippen molar-refractivity contribution in [2.45, 2.75) is 87.0 Å². The first kappa shape index (κ1) is 33.9. The summed E-state index contributed by atoms with van der Waals surface area (Å²) in [4.78, 5) is 5.26. The van der Waals surface area contributed by atoms with Crippen LogP contribution in [-0.2, 0) is 12.8 Å². The van der Waals surface area contributed by atoms with Gasteiger partial charge in [0.1, 0.15) is 0 Å². The van der Waals surface area contributed by atoms with Crippen molar-refractivity contribution in [3.05, 3.63) is 142 Å². The fourth-order valence-corrected chi connectivity index (χ4v) is 10.1. The molecule has 9 rings (SSSR count). The maximum absolute atomic E-state index is 2.63. The third kappa shape index (κ3) is 5.31. The van der Waals surface area contributed by atoms with E-state index in [-0.39, 0.29) is 13.4 Å². The summed E-state index contributed by atoms with van der Waals surface area (Å²) in [6.07, 6.45) is 7.03. The van der Waals surface area contributed by atoms with Gasteiger partial charge in [0, 0.05) is 11.4 Å². The topological polar surface area (TPSA) is 6.48 Å². The summed E-state index contributed by atoms with van der Waals surface area (Å²) in [6.45, 7) is 16.3. The average molecular weight is 689 g/mol. The average Bonchev–Trinajstić information content (AvgIpc) is 3.14. The molecule has 4 heteroatoms. The molecular weight excluding hydrogens is 638 g/mol. The van der Waals surface area contributed by atoms with Gasteiger partial charge in [-0.3, -0.25) is 0 Å². The van der Waals surface area contributed by atoms with E-state index in [4.69, 9.17) is 0 Å². The van der Waals surface area contributed by atoms with E-state index in [1.54, 1.807) is 0 Å². The lowest BCUT2D eigenvalue weighted by Gasteiger charge is -2.49. The minimum absolute atomic E-state index is 0.145. The van der Waals surface area contributed by atoms with Crippen LogP contribution < -0.4 is 42.6 Å². The number of nitrogens with zero attached hydrogens (tertiary/aromatic N) is 2. The molecule has 0 aromatic heterocycles. The molecular formula is C49H50B2N2. The maximum Gasteiger partial charge on any atom is 0.247 e. The molecule has 0 radical (unpaired) electrons. The summed E-state index contributed by atoms with van der Waals surface area (Å²) in [6, 6.07) is 40.8. The lowest BCUT2D eigenvalue weighted by molar-refractivity contribution is 0.795. The first-order valence-electron chi connectivity index (χ1n) is 20.1. The SMILES string of the molecule is CCCCc1ccc2c(c1)B(c1ccc(C)cc1C)c1cccc3c1N2c1cccc2c1N3c1ccc(CCCC)cc1B2c1c(C)cc(C)cc1C. The molecule has 2 nitrogen and oxygen atoms in total. The van der Waals surface area contributed by atoms with E-state index in [1.165, 1.54) is 132 Å². The quantitative estimate of drug-likeness (QED) is 0.147. The number of para-hydroxylation sites is 2. The summed E-state index contributed by atoms with van der Waals surface area (Å²) in [5, 5.41) is 0. The van der Waals surface area contributed by atoms with Gasteiger partial charge < -0.3 is 9.80 Å². The first-order valence-corrected chi connectivity index (χ1v) is 20.1. The minimum atomic E-state index is 0.145. The van der Waals surface area contributed by atoms with Gasteiger partial charge in [-0.25, -0.2) is 0 Å². The lowest BCUT2D eigenvalue weighted by Crippen LogP contribution is -2.61. The van der Waals surface area contributed by atoms with Crippen LogP contribution >= 0.6 is 0 Å². The number of unbranched alkanes of at least 4 members (excludes halogenated alkanes) is 2. The fourth-order valence-electron chi connectivity index (χ4n) is 10.1. The van der Waals surface area contributed by atoms with Crippen molar-refractivity contribution in [3.63, 3.8) is 0 Å². The summed E-state index contributed by atoms with van der Waals surface area (Å²) < 4.78 is 0. The lowest BCUT2D eigenvalue weighted by atomic mass is 9.33. The van der Waals surface area contributed by atoms with Crippen molar-refractivity contribution in [1.29, 1.82) is 0 Å². The summed E-state index contributed by atoms with van der Waals surface area (Å²) in [7, 11) is 0. The molecule has 0 spiro atoms. The molecule has 3 aliphatic rings. The van der Waals surface area contributed by atoms with Gasteiger partial charge in [0.15, 0.2) is 0 Å². The highest BCUT2D eigenvalue weighted by Crippen LogP contribution is 2.54.